The summed E-state index contributed by atoms with van der Waals surface area (Å²) in [5, 5.41) is 0. The molecule has 0 aliphatic carbocycles. The van der Waals surface area contributed by atoms with Crippen LogP contribution in [0.5, 0.6) is 5.75 Å². The van der Waals surface area contributed by atoms with Crippen LogP contribution in [0.4, 0.5) is 0 Å². The van der Waals surface area contributed by atoms with Gasteiger partial charge in [0.25, 0.3) is 0 Å². The molecule has 0 bridgehead atoms. The SMILES string of the molecule is COc1[c]cccc1.[BiH3]. The summed E-state index contributed by atoms with van der Waals surface area (Å²) in [6, 6.07) is 10.4. The minimum absolute atomic E-state index is 0. The second-order valence-electron chi connectivity index (χ2n) is 1.43. The molecule has 9 heavy (non-hydrogen) atoms. The number of para-hydroxylation sites is 1. The van der Waals surface area contributed by atoms with Crippen LogP contribution in [0.2, 0.25) is 0 Å². The molecule has 49 valence electrons. The van der Waals surface area contributed by atoms with E-state index in [9.17, 15) is 0 Å². The van der Waals surface area contributed by atoms with Gasteiger partial charge in [-0.05, 0) is 6.07 Å². The number of benzene rings is 1. The molecule has 1 rings (SSSR count). The van der Waals surface area contributed by atoms with E-state index in [0.717, 1.165) is 5.75 Å². The summed E-state index contributed by atoms with van der Waals surface area (Å²) in [4.78, 5) is 0. The number of methoxy groups -OCH3 is 1. The summed E-state index contributed by atoms with van der Waals surface area (Å²) in [5.74, 6) is 0.785. The Kier molecular flexibility index (Phi) is 4.70. The molecule has 2 heteroatoms. The molecule has 1 nitrogen and oxygen atoms in total. The second kappa shape index (κ2) is 4.75. The summed E-state index contributed by atoms with van der Waals surface area (Å²) in [6.07, 6.45) is 0. The quantitative estimate of drug-likeness (QED) is 0.677. The topological polar surface area (TPSA) is 9.23 Å². The molecule has 0 fully saturated rings. The fraction of sp³-hybridized carbons (Fsp3) is 0.143. The van der Waals surface area contributed by atoms with Gasteiger partial charge in [0, 0.05) is 6.07 Å². The van der Waals surface area contributed by atoms with Gasteiger partial charge >= 0.3 is 26.2 Å². The average Bonchev–Trinajstić information content (AvgIpc) is 1.90. The molecule has 1 aromatic rings. The first kappa shape index (κ1) is 8.90. The molecule has 0 saturated heterocycles. The fourth-order valence-electron chi connectivity index (χ4n) is 0.504. The Morgan fingerprint density at radius 3 is 2.56 bits per heavy atom. The Bertz CT molecular complexity index is 150. The molecular formula is C7H10BiO. The van der Waals surface area contributed by atoms with E-state index in [0.29, 0.717) is 0 Å². The van der Waals surface area contributed by atoms with Crippen molar-refractivity contribution in [1.29, 1.82) is 0 Å². The third-order valence-corrected chi connectivity index (χ3v) is 0.900. The van der Waals surface area contributed by atoms with Gasteiger partial charge in [-0.3, -0.25) is 0 Å². The van der Waals surface area contributed by atoms with Crippen LogP contribution in [-0.2, 0) is 0 Å². The van der Waals surface area contributed by atoms with E-state index in [4.69, 9.17) is 4.74 Å². The van der Waals surface area contributed by atoms with Crippen LogP contribution in [0.25, 0.3) is 0 Å². The van der Waals surface area contributed by atoms with Crippen molar-refractivity contribution >= 4 is 26.2 Å². The maximum absolute atomic E-state index is 4.86. The Morgan fingerprint density at radius 2 is 2.22 bits per heavy atom. The number of hydrogen-bond acceptors (Lipinski definition) is 1. The molecule has 1 aromatic carbocycles. The summed E-state index contributed by atoms with van der Waals surface area (Å²) >= 11 is 0. The molecule has 0 amide bonds. The summed E-state index contributed by atoms with van der Waals surface area (Å²) in [5.41, 5.74) is 0. The first-order valence-electron chi connectivity index (χ1n) is 2.44. The van der Waals surface area contributed by atoms with E-state index in [1.54, 1.807) is 7.11 Å². The number of hydrogen-bond donors (Lipinski definition) is 0. The minimum atomic E-state index is 0. The monoisotopic (exact) mass is 319 g/mol. The first-order chi connectivity index (χ1) is 3.93. The molecule has 0 unspecified atom stereocenters. The van der Waals surface area contributed by atoms with Gasteiger partial charge in [-0.2, -0.15) is 0 Å². The van der Waals surface area contributed by atoms with Crippen molar-refractivity contribution in [2.45, 2.75) is 0 Å². The number of rotatable bonds is 1. The van der Waals surface area contributed by atoms with Crippen LogP contribution >= 0.6 is 0 Å². The summed E-state index contributed by atoms with van der Waals surface area (Å²) in [7, 11) is 1.63. The zero-order valence-electron chi connectivity index (χ0n) is 5.42. The first-order valence-corrected chi connectivity index (χ1v) is 2.44. The standard InChI is InChI=1S/C7H7O.Bi.3H/c1-8-7-5-3-2-4-6-7;;;;/h2-5H,1H3;;;;. The zero-order valence-corrected chi connectivity index (χ0v) is 10.9. The van der Waals surface area contributed by atoms with Gasteiger partial charge in [-0.25, -0.2) is 0 Å². The second-order valence-corrected chi connectivity index (χ2v) is 1.43. The Labute approximate surface area is 74.2 Å². The van der Waals surface area contributed by atoms with E-state index in [-0.39, 0.29) is 26.2 Å². The van der Waals surface area contributed by atoms with Crippen LogP contribution < -0.4 is 4.74 Å². The van der Waals surface area contributed by atoms with Gasteiger partial charge in [0.2, 0.25) is 0 Å². The number of ether oxygens (including phenoxy) is 1. The molecule has 0 spiro atoms. The predicted octanol–water partition coefficient (Wildman–Crippen LogP) is 0.311. The van der Waals surface area contributed by atoms with Crippen LogP contribution in [0.3, 0.4) is 0 Å². The Morgan fingerprint density at radius 1 is 1.44 bits per heavy atom. The van der Waals surface area contributed by atoms with Gasteiger partial charge in [0.1, 0.15) is 5.75 Å². The van der Waals surface area contributed by atoms with Crippen molar-refractivity contribution in [2.24, 2.45) is 0 Å². The van der Waals surface area contributed by atoms with Crippen molar-refractivity contribution in [3.05, 3.63) is 30.3 Å². The van der Waals surface area contributed by atoms with Gasteiger partial charge in [-0.15, -0.1) is 0 Å². The van der Waals surface area contributed by atoms with Gasteiger partial charge in [-0.1, -0.05) is 18.2 Å². The molecule has 0 atom stereocenters. The van der Waals surface area contributed by atoms with E-state index >= 15 is 0 Å². The van der Waals surface area contributed by atoms with Gasteiger partial charge in [0.15, 0.2) is 0 Å². The molecule has 0 aromatic heterocycles. The molecule has 0 N–H and O–H groups in total. The Balaban J connectivity index is 0.000000640. The van der Waals surface area contributed by atoms with Crippen molar-refractivity contribution in [1.82, 2.24) is 0 Å². The van der Waals surface area contributed by atoms with E-state index in [1.807, 2.05) is 24.3 Å². The predicted molar refractivity (Wildman–Crippen MR) is 41.8 cm³/mol. The van der Waals surface area contributed by atoms with Crippen LogP contribution in [0, 0.1) is 6.07 Å². The van der Waals surface area contributed by atoms with Crippen molar-refractivity contribution < 1.29 is 4.74 Å². The molecule has 0 heterocycles. The van der Waals surface area contributed by atoms with E-state index < -0.39 is 0 Å². The Hall–Kier alpha value is -0.0969. The third kappa shape index (κ3) is 2.81. The van der Waals surface area contributed by atoms with Crippen LogP contribution in [0.15, 0.2) is 24.3 Å². The van der Waals surface area contributed by atoms with Gasteiger partial charge < -0.3 is 4.74 Å². The molecule has 1 radical (unpaired) electrons. The van der Waals surface area contributed by atoms with E-state index in [2.05, 4.69) is 6.07 Å². The molecule has 0 aliphatic rings. The fourth-order valence-corrected chi connectivity index (χ4v) is 0.504. The van der Waals surface area contributed by atoms with Crippen molar-refractivity contribution in [3.8, 4) is 5.75 Å². The van der Waals surface area contributed by atoms with Crippen LogP contribution in [0.1, 0.15) is 0 Å². The van der Waals surface area contributed by atoms with Crippen molar-refractivity contribution in [2.75, 3.05) is 7.11 Å². The zero-order chi connectivity index (χ0) is 5.82. The van der Waals surface area contributed by atoms with Gasteiger partial charge in [0.05, 0.1) is 7.11 Å². The normalized spacial score (nSPS) is 7.67. The van der Waals surface area contributed by atoms with Crippen molar-refractivity contribution in [3.63, 3.8) is 0 Å². The average molecular weight is 319 g/mol. The van der Waals surface area contributed by atoms with Crippen LogP contribution in [-0.4, -0.2) is 33.3 Å². The molecular weight excluding hydrogens is 309 g/mol. The molecule has 0 aliphatic heterocycles. The maximum atomic E-state index is 4.86. The van der Waals surface area contributed by atoms with E-state index in [1.165, 1.54) is 0 Å². The molecule has 0 saturated carbocycles. The summed E-state index contributed by atoms with van der Waals surface area (Å²) in [6.45, 7) is 0. The summed E-state index contributed by atoms with van der Waals surface area (Å²) < 4.78 is 4.86. The third-order valence-electron chi connectivity index (χ3n) is 0.900.